The number of pyridine rings is 1. The van der Waals surface area contributed by atoms with E-state index < -0.39 is 0 Å². The molecule has 2 aromatic rings. The molecule has 2 fully saturated rings. The third kappa shape index (κ3) is 2.69. The summed E-state index contributed by atoms with van der Waals surface area (Å²) < 4.78 is 5.27. The standard InChI is InChI=1S/C18H20ClN3O3/c1-2-18-10-21(6-7-22(18)17(24)25-11-18)9-12-8-15(23)13-4-3-5-14(19)16(13)20-12/h3-5,8H,2,6-7,9-11H2,1H3,(H,20,23). The maximum atomic E-state index is 12.4. The molecule has 3 heterocycles. The van der Waals surface area contributed by atoms with Crippen molar-refractivity contribution >= 4 is 28.6 Å². The molecule has 1 N–H and O–H groups in total. The number of piperazine rings is 1. The Kier molecular flexibility index (Phi) is 3.96. The summed E-state index contributed by atoms with van der Waals surface area (Å²) in [4.78, 5) is 31.7. The van der Waals surface area contributed by atoms with E-state index in [1.807, 2.05) is 4.90 Å². The summed E-state index contributed by atoms with van der Waals surface area (Å²) in [5, 5.41) is 1.14. The first-order chi connectivity index (χ1) is 12.0. The minimum atomic E-state index is -0.260. The van der Waals surface area contributed by atoms with Gasteiger partial charge in [-0.15, -0.1) is 0 Å². The van der Waals surface area contributed by atoms with E-state index in [1.54, 1.807) is 24.3 Å². The predicted molar refractivity (Wildman–Crippen MR) is 95.9 cm³/mol. The number of cyclic esters (lactones) is 1. The molecule has 2 aliphatic heterocycles. The smallest absolute Gasteiger partial charge is 0.410 e. The predicted octanol–water partition coefficient (Wildman–Crippen LogP) is 2.60. The molecule has 1 atom stereocenters. The highest BCUT2D eigenvalue weighted by atomic mass is 35.5. The second-order valence-electron chi connectivity index (χ2n) is 6.82. The number of halogens is 1. The van der Waals surface area contributed by atoms with Crippen molar-refractivity contribution < 1.29 is 9.53 Å². The van der Waals surface area contributed by atoms with Gasteiger partial charge in [-0.25, -0.2) is 4.79 Å². The summed E-state index contributed by atoms with van der Waals surface area (Å²) in [5.74, 6) is 0. The number of carbonyl (C=O) groups excluding carboxylic acids is 1. The molecular weight excluding hydrogens is 342 g/mol. The highest BCUT2D eigenvalue weighted by Crippen LogP contribution is 2.32. The first kappa shape index (κ1) is 16.4. The fraction of sp³-hybridized carbons (Fsp3) is 0.444. The molecule has 7 heteroatoms. The number of H-pyrrole nitrogens is 1. The summed E-state index contributed by atoms with van der Waals surface area (Å²) in [6, 6.07) is 6.97. The van der Waals surface area contributed by atoms with Gasteiger partial charge in [-0.3, -0.25) is 14.6 Å². The second kappa shape index (κ2) is 6.04. The molecule has 6 nitrogen and oxygen atoms in total. The summed E-state index contributed by atoms with van der Waals surface area (Å²) in [7, 11) is 0. The number of benzene rings is 1. The lowest BCUT2D eigenvalue weighted by Crippen LogP contribution is -2.60. The molecular formula is C18H20ClN3O3. The SMILES string of the molecule is CCC12COC(=O)N1CCN(Cc1cc(=O)c3cccc(Cl)c3[nH]1)C2. The first-order valence-corrected chi connectivity index (χ1v) is 8.87. The molecule has 2 aliphatic rings. The Balaban J connectivity index is 1.61. The molecule has 4 rings (SSSR count). The quantitative estimate of drug-likeness (QED) is 0.912. The average molecular weight is 362 g/mol. The zero-order valence-electron chi connectivity index (χ0n) is 14.0. The van der Waals surface area contributed by atoms with Crippen LogP contribution in [0.5, 0.6) is 0 Å². The van der Waals surface area contributed by atoms with E-state index in [9.17, 15) is 9.59 Å². The maximum Gasteiger partial charge on any atom is 0.410 e. The number of ether oxygens (including phenoxy) is 1. The number of para-hydroxylation sites is 1. The van der Waals surface area contributed by atoms with Crippen LogP contribution in [0.25, 0.3) is 10.9 Å². The zero-order chi connectivity index (χ0) is 17.6. The Labute approximate surface area is 150 Å². The van der Waals surface area contributed by atoms with Gasteiger partial charge in [0.1, 0.15) is 6.61 Å². The topological polar surface area (TPSA) is 65.6 Å². The summed E-state index contributed by atoms with van der Waals surface area (Å²) >= 11 is 6.23. The zero-order valence-corrected chi connectivity index (χ0v) is 14.8. The number of fused-ring (bicyclic) bond motifs is 2. The molecule has 0 aliphatic carbocycles. The van der Waals surface area contributed by atoms with E-state index >= 15 is 0 Å². The van der Waals surface area contributed by atoms with Crippen molar-refractivity contribution in [2.24, 2.45) is 0 Å². The Hall–Kier alpha value is -2.05. The highest BCUT2D eigenvalue weighted by Gasteiger charge is 2.49. The van der Waals surface area contributed by atoms with Crippen LogP contribution in [0.3, 0.4) is 0 Å². The van der Waals surface area contributed by atoms with Crippen LogP contribution >= 0.6 is 11.6 Å². The number of carbonyl (C=O) groups is 1. The van der Waals surface area contributed by atoms with Crippen LogP contribution < -0.4 is 5.43 Å². The Morgan fingerprint density at radius 3 is 2.96 bits per heavy atom. The number of amides is 1. The van der Waals surface area contributed by atoms with E-state index in [-0.39, 0.29) is 17.1 Å². The van der Waals surface area contributed by atoms with Crippen molar-refractivity contribution in [3.63, 3.8) is 0 Å². The van der Waals surface area contributed by atoms with Crippen LogP contribution in [-0.4, -0.2) is 52.7 Å². The van der Waals surface area contributed by atoms with E-state index in [0.717, 1.165) is 25.2 Å². The van der Waals surface area contributed by atoms with Crippen molar-refractivity contribution in [1.82, 2.24) is 14.8 Å². The van der Waals surface area contributed by atoms with Gasteiger partial charge in [0.2, 0.25) is 0 Å². The third-order valence-electron chi connectivity index (χ3n) is 5.34. The number of nitrogens with zero attached hydrogens (tertiary/aromatic N) is 2. The lowest BCUT2D eigenvalue weighted by atomic mass is 9.93. The van der Waals surface area contributed by atoms with Gasteiger partial charge in [-0.2, -0.15) is 0 Å². The molecule has 0 spiro atoms. The minimum absolute atomic E-state index is 0.0329. The summed E-state index contributed by atoms with van der Waals surface area (Å²) in [5.41, 5.74) is 1.21. The molecule has 1 aromatic heterocycles. The van der Waals surface area contributed by atoms with Crippen LogP contribution in [0.1, 0.15) is 19.0 Å². The lowest BCUT2D eigenvalue weighted by Gasteiger charge is -2.44. The number of aromatic nitrogens is 1. The summed E-state index contributed by atoms with van der Waals surface area (Å²) in [6.45, 7) is 5.25. The Morgan fingerprint density at radius 1 is 1.32 bits per heavy atom. The number of nitrogens with one attached hydrogen (secondary N) is 1. The van der Waals surface area contributed by atoms with Crippen LogP contribution in [0.15, 0.2) is 29.1 Å². The van der Waals surface area contributed by atoms with Gasteiger partial charge in [-0.1, -0.05) is 24.6 Å². The fourth-order valence-corrected chi connectivity index (χ4v) is 4.12. The number of rotatable bonds is 3. The van der Waals surface area contributed by atoms with Gasteiger partial charge < -0.3 is 9.72 Å². The molecule has 1 aromatic carbocycles. The van der Waals surface area contributed by atoms with Crippen molar-refractivity contribution in [2.45, 2.75) is 25.4 Å². The van der Waals surface area contributed by atoms with Crippen molar-refractivity contribution in [1.29, 1.82) is 0 Å². The Bertz CT molecular complexity index is 897. The van der Waals surface area contributed by atoms with Crippen LogP contribution in [-0.2, 0) is 11.3 Å². The molecule has 2 saturated heterocycles. The van der Waals surface area contributed by atoms with Crippen LogP contribution in [0, 0.1) is 0 Å². The van der Waals surface area contributed by atoms with Gasteiger partial charge >= 0.3 is 6.09 Å². The van der Waals surface area contributed by atoms with Gasteiger partial charge in [0, 0.05) is 43.3 Å². The van der Waals surface area contributed by atoms with Gasteiger partial charge in [0.15, 0.2) is 5.43 Å². The van der Waals surface area contributed by atoms with E-state index in [1.165, 1.54) is 0 Å². The average Bonchev–Trinajstić information content (AvgIpc) is 2.93. The molecule has 1 unspecified atom stereocenters. The molecule has 25 heavy (non-hydrogen) atoms. The van der Waals surface area contributed by atoms with Crippen molar-refractivity contribution in [3.05, 3.63) is 45.2 Å². The van der Waals surface area contributed by atoms with Crippen molar-refractivity contribution in [3.8, 4) is 0 Å². The normalized spacial score (nSPS) is 23.8. The third-order valence-corrected chi connectivity index (χ3v) is 5.65. The summed E-state index contributed by atoms with van der Waals surface area (Å²) in [6.07, 6.45) is 0.627. The molecule has 0 radical (unpaired) electrons. The molecule has 0 saturated carbocycles. The Morgan fingerprint density at radius 2 is 2.16 bits per heavy atom. The molecule has 0 bridgehead atoms. The molecule has 1 amide bonds. The minimum Gasteiger partial charge on any atom is -0.447 e. The second-order valence-corrected chi connectivity index (χ2v) is 7.22. The number of hydrogen-bond acceptors (Lipinski definition) is 4. The van der Waals surface area contributed by atoms with Gasteiger partial charge in [-0.05, 0) is 18.6 Å². The number of aromatic amines is 1. The number of hydrogen-bond donors (Lipinski definition) is 1. The lowest BCUT2D eigenvalue weighted by molar-refractivity contribution is 0.0444. The van der Waals surface area contributed by atoms with E-state index in [0.29, 0.717) is 35.6 Å². The maximum absolute atomic E-state index is 12.4. The van der Waals surface area contributed by atoms with E-state index in [2.05, 4.69) is 16.8 Å². The van der Waals surface area contributed by atoms with Crippen LogP contribution in [0.4, 0.5) is 4.79 Å². The van der Waals surface area contributed by atoms with Gasteiger partial charge in [0.05, 0.1) is 16.1 Å². The first-order valence-electron chi connectivity index (χ1n) is 8.49. The van der Waals surface area contributed by atoms with Crippen molar-refractivity contribution in [2.75, 3.05) is 26.2 Å². The highest BCUT2D eigenvalue weighted by molar-refractivity contribution is 6.35. The van der Waals surface area contributed by atoms with E-state index in [4.69, 9.17) is 16.3 Å². The van der Waals surface area contributed by atoms with Crippen LogP contribution in [0.2, 0.25) is 5.02 Å². The molecule has 132 valence electrons. The largest absolute Gasteiger partial charge is 0.447 e. The fourth-order valence-electron chi connectivity index (χ4n) is 3.90. The monoisotopic (exact) mass is 361 g/mol. The van der Waals surface area contributed by atoms with Gasteiger partial charge in [0.25, 0.3) is 0 Å².